The lowest BCUT2D eigenvalue weighted by atomic mass is 10.0. The molecule has 0 fully saturated rings. The van der Waals surface area contributed by atoms with Crippen molar-refractivity contribution in [3.63, 3.8) is 0 Å². The second-order valence-electron chi connectivity index (χ2n) is 14.2. The third kappa shape index (κ3) is 9.01. The molecular weight excluding hydrogens is 763 g/mol. The molecule has 2 amide bonds. The average Bonchev–Trinajstić information content (AvgIpc) is 3.79. The topological polar surface area (TPSA) is 144 Å². The van der Waals surface area contributed by atoms with Gasteiger partial charge in [0.2, 0.25) is 0 Å². The fraction of sp³-hybridized carbons (Fsp3) is 0.0400. The number of aromatic nitrogens is 5. The Morgan fingerprint density at radius 2 is 1.16 bits per heavy atom. The summed E-state index contributed by atoms with van der Waals surface area (Å²) >= 11 is 0. The number of hydrogen-bond donors (Lipinski definition) is 3. The van der Waals surface area contributed by atoms with Crippen LogP contribution in [0.2, 0.25) is 0 Å². The number of carbonyl (C=O) groups excluding carboxylic acids is 2. The van der Waals surface area contributed by atoms with Gasteiger partial charge in [-0.3, -0.25) is 29.6 Å². The van der Waals surface area contributed by atoms with Crippen LogP contribution in [-0.4, -0.2) is 37.0 Å². The number of hydrogen-bond acceptors (Lipinski definition) is 8. The molecule has 0 radical (unpaired) electrons. The highest BCUT2D eigenvalue weighted by atomic mass is 16.5. The zero-order valence-corrected chi connectivity index (χ0v) is 32.7. The van der Waals surface area contributed by atoms with E-state index >= 15 is 0 Å². The van der Waals surface area contributed by atoms with Crippen molar-refractivity contribution >= 4 is 34.1 Å². The molecule has 0 spiro atoms. The van der Waals surface area contributed by atoms with Crippen molar-refractivity contribution < 1.29 is 19.1 Å². The Balaban J connectivity index is 0.943. The Morgan fingerprint density at radius 1 is 0.508 bits per heavy atom. The third-order valence-corrected chi connectivity index (χ3v) is 10.0. The highest BCUT2D eigenvalue weighted by molar-refractivity contribution is 6.07. The van der Waals surface area contributed by atoms with Gasteiger partial charge in [-0.15, -0.1) is 0 Å². The van der Waals surface area contributed by atoms with Crippen LogP contribution in [0.5, 0.6) is 11.5 Å². The summed E-state index contributed by atoms with van der Waals surface area (Å²) in [6.07, 6.45) is 10.2. The quantitative estimate of drug-likeness (QED) is 0.105. The minimum atomic E-state index is -0.323. The molecule has 11 heteroatoms. The van der Waals surface area contributed by atoms with E-state index in [0.29, 0.717) is 46.3 Å². The van der Waals surface area contributed by atoms with Gasteiger partial charge in [0.15, 0.2) is 0 Å². The molecule has 0 saturated carbocycles. The molecule has 0 aliphatic heterocycles. The molecule has 0 saturated heterocycles. The van der Waals surface area contributed by atoms with Crippen LogP contribution in [0, 0.1) is 0 Å². The van der Waals surface area contributed by atoms with E-state index in [1.165, 1.54) is 0 Å². The van der Waals surface area contributed by atoms with Gasteiger partial charge in [0, 0.05) is 58.9 Å². The number of benzene rings is 5. The molecule has 11 nitrogen and oxygen atoms in total. The molecular formula is C50H37N7O4. The smallest absolute Gasteiger partial charge is 0.259 e. The molecule has 61 heavy (non-hydrogen) atoms. The zero-order chi connectivity index (χ0) is 41.4. The monoisotopic (exact) mass is 799 g/mol. The number of ether oxygens (including phenoxy) is 2. The van der Waals surface area contributed by atoms with Gasteiger partial charge < -0.3 is 20.1 Å². The van der Waals surface area contributed by atoms with Gasteiger partial charge in [0.1, 0.15) is 24.7 Å². The molecule has 4 heterocycles. The second kappa shape index (κ2) is 17.6. The van der Waals surface area contributed by atoms with E-state index in [-0.39, 0.29) is 18.4 Å². The fourth-order valence-corrected chi connectivity index (χ4v) is 6.89. The van der Waals surface area contributed by atoms with Gasteiger partial charge in [-0.1, -0.05) is 72.8 Å². The normalized spacial score (nSPS) is 10.9. The summed E-state index contributed by atoms with van der Waals surface area (Å²) in [5.41, 5.74) is 9.84. The van der Waals surface area contributed by atoms with Crippen LogP contribution in [0.25, 0.3) is 44.4 Å². The van der Waals surface area contributed by atoms with Gasteiger partial charge >= 0.3 is 0 Å². The van der Waals surface area contributed by atoms with E-state index in [1.807, 2.05) is 115 Å². The van der Waals surface area contributed by atoms with Crippen LogP contribution in [-0.2, 0) is 13.2 Å². The molecule has 9 aromatic rings. The van der Waals surface area contributed by atoms with Crippen LogP contribution < -0.4 is 20.1 Å². The summed E-state index contributed by atoms with van der Waals surface area (Å²) in [4.78, 5) is 40.4. The second-order valence-corrected chi connectivity index (χ2v) is 14.2. The maximum atomic E-state index is 13.9. The summed E-state index contributed by atoms with van der Waals surface area (Å²) in [6, 6.07) is 45.6. The number of fused-ring (bicyclic) bond motifs is 1. The average molecular weight is 800 g/mol. The first-order chi connectivity index (χ1) is 30.0. The van der Waals surface area contributed by atoms with Gasteiger partial charge in [0.25, 0.3) is 11.8 Å². The molecule has 3 N–H and O–H groups in total. The number of rotatable bonds is 13. The number of nitrogens with zero attached hydrogens (tertiary/aromatic N) is 4. The Bertz CT molecular complexity index is 2980. The van der Waals surface area contributed by atoms with Crippen LogP contribution in [0.1, 0.15) is 31.8 Å². The summed E-state index contributed by atoms with van der Waals surface area (Å²) in [5.74, 6) is 0.238. The molecule has 5 aromatic carbocycles. The van der Waals surface area contributed by atoms with Crippen LogP contribution >= 0.6 is 0 Å². The van der Waals surface area contributed by atoms with Crippen molar-refractivity contribution in [1.82, 2.24) is 25.1 Å². The number of anilines is 2. The number of nitrogens with one attached hydrogen (secondary N) is 3. The van der Waals surface area contributed by atoms with Crippen LogP contribution in [0.4, 0.5) is 11.4 Å². The first-order valence-electron chi connectivity index (χ1n) is 19.5. The Morgan fingerprint density at radius 3 is 1.92 bits per heavy atom. The van der Waals surface area contributed by atoms with E-state index in [0.717, 1.165) is 49.8 Å². The highest BCUT2D eigenvalue weighted by Gasteiger charge is 2.18. The SMILES string of the molecule is O=C(Nc1ccnc(-c2cccc(COc3cc(-c4ccc5[nH]ncc5c4)ccc3C(=O)Nc3ccncc3)c2)c1)c1ccc(-c2cccnc2)cc1OCc1ccccc1. The summed E-state index contributed by atoms with van der Waals surface area (Å²) < 4.78 is 12.7. The third-order valence-electron chi connectivity index (χ3n) is 10.0. The fourth-order valence-electron chi connectivity index (χ4n) is 6.89. The molecule has 0 aliphatic rings. The standard InChI is InChI=1S/C50H37N7O4/c58-49(55-41-17-21-51-22-18-41)43-14-11-36(35-13-16-45-40(25-35)30-54-57-45)26-47(43)61-32-34-8-4-9-38(24-34)46-28-42(19-23-53-46)56-50(59)44-15-12-37(39-10-5-20-52-29-39)27-48(44)60-31-33-6-2-1-3-7-33/h1-30H,31-32H2,(H,54,57)(H,51,55,58)(H,53,56,59). The zero-order valence-electron chi connectivity index (χ0n) is 32.7. The summed E-state index contributed by atoms with van der Waals surface area (Å²) in [7, 11) is 0. The van der Waals surface area contributed by atoms with E-state index in [4.69, 9.17) is 9.47 Å². The van der Waals surface area contributed by atoms with E-state index in [9.17, 15) is 9.59 Å². The van der Waals surface area contributed by atoms with Crippen molar-refractivity contribution in [2.24, 2.45) is 0 Å². The van der Waals surface area contributed by atoms with Gasteiger partial charge in [0.05, 0.1) is 28.5 Å². The predicted molar refractivity (Wildman–Crippen MR) is 236 cm³/mol. The highest BCUT2D eigenvalue weighted by Crippen LogP contribution is 2.32. The molecule has 4 aromatic heterocycles. The molecule has 0 unspecified atom stereocenters. The lowest BCUT2D eigenvalue weighted by molar-refractivity contribution is 0.101. The maximum absolute atomic E-state index is 13.9. The van der Waals surface area contributed by atoms with Crippen LogP contribution in [0.15, 0.2) is 183 Å². The molecule has 0 atom stereocenters. The van der Waals surface area contributed by atoms with Gasteiger partial charge in [-0.05, 0) is 101 Å². The number of amides is 2. The molecule has 296 valence electrons. The van der Waals surface area contributed by atoms with Crippen molar-refractivity contribution in [1.29, 1.82) is 0 Å². The number of pyridine rings is 3. The first kappa shape index (κ1) is 38.1. The number of carbonyl (C=O) groups is 2. The minimum Gasteiger partial charge on any atom is -0.488 e. The maximum Gasteiger partial charge on any atom is 0.259 e. The molecule has 0 bridgehead atoms. The van der Waals surface area contributed by atoms with Gasteiger partial charge in [-0.2, -0.15) is 5.10 Å². The van der Waals surface area contributed by atoms with Crippen molar-refractivity contribution in [2.45, 2.75) is 13.2 Å². The van der Waals surface area contributed by atoms with Gasteiger partial charge in [-0.25, -0.2) is 0 Å². The predicted octanol–water partition coefficient (Wildman–Crippen LogP) is 10.4. The Kier molecular flexibility index (Phi) is 11.0. The summed E-state index contributed by atoms with van der Waals surface area (Å²) in [6.45, 7) is 0.468. The largest absolute Gasteiger partial charge is 0.488 e. The van der Waals surface area contributed by atoms with E-state index < -0.39 is 0 Å². The minimum absolute atomic E-state index is 0.171. The van der Waals surface area contributed by atoms with Crippen molar-refractivity contribution in [2.75, 3.05) is 10.6 Å². The van der Waals surface area contributed by atoms with Crippen LogP contribution in [0.3, 0.4) is 0 Å². The van der Waals surface area contributed by atoms with Crippen molar-refractivity contribution in [3.8, 4) is 45.0 Å². The summed E-state index contributed by atoms with van der Waals surface area (Å²) in [5, 5.41) is 14.1. The van der Waals surface area contributed by atoms with E-state index in [2.05, 4.69) is 35.8 Å². The lowest BCUT2D eigenvalue weighted by Crippen LogP contribution is -2.14. The molecule has 0 aliphatic carbocycles. The number of aromatic amines is 1. The van der Waals surface area contributed by atoms with Crippen molar-refractivity contribution in [3.05, 3.63) is 205 Å². The lowest BCUT2D eigenvalue weighted by Gasteiger charge is -2.15. The number of H-pyrrole nitrogens is 1. The Hall–Kier alpha value is -8.44. The Labute approximate surface area is 351 Å². The first-order valence-corrected chi connectivity index (χ1v) is 19.5. The van der Waals surface area contributed by atoms with E-state index in [1.54, 1.807) is 67.5 Å². The molecule has 9 rings (SSSR count).